The Morgan fingerprint density at radius 3 is 2.68 bits per heavy atom. The first-order chi connectivity index (χ1) is 12.0. The van der Waals surface area contributed by atoms with Gasteiger partial charge in [-0.25, -0.2) is 9.37 Å². The van der Waals surface area contributed by atoms with Crippen LogP contribution in [0.25, 0.3) is 22.6 Å². The van der Waals surface area contributed by atoms with Crippen molar-refractivity contribution in [1.29, 1.82) is 0 Å². The maximum atomic E-state index is 13.0. The second kappa shape index (κ2) is 5.70. The molecule has 1 aliphatic heterocycles. The predicted octanol–water partition coefficient (Wildman–Crippen LogP) is 3.07. The van der Waals surface area contributed by atoms with Crippen LogP contribution >= 0.6 is 0 Å². The zero-order valence-electron chi connectivity index (χ0n) is 13.0. The zero-order valence-corrected chi connectivity index (χ0v) is 13.0. The van der Waals surface area contributed by atoms with Crippen LogP contribution in [0.4, 0.5) is 10.1 Å². The van der Waals surface area contributed by atoms with Crippen LogP contribution in [0, 0.1) is 11.7 Å². The van der Waals surface area contributed by atoms with Gasteiger partial charge in [0.25, 0.3) is 0 Å². The Morgan fingerprint density at radius 1 is 1.24 bits per heavy atom. The second-order valence-electron chi connectivity index (χ2n) is 5.92. The van der Waals surface area contributed by atoms with Crippen LogP contribution < -0.4 is 4.90 Å². The lowest BCUT2D eigenvalue weighted by Gasteiger charge is -2.15. The summed E-state index contributed by atoms with van der Waals surface area (Å²) in [5, 5.41) is 9.08. The van der Waals surface area contributed by atoms with E-state index in [1.54, 1.807) is 30.3 Å². The van der Waals surface area contributed by atoms with E-state index in [4.69, 9.17) is 9.52 Å². The van der Waals surface area contributed by atoms with Crippen LogP contribution in [-0.2, 0) is 9.59 Å². The van der Waals surface area contributed by atoms with Gasteiger partial charge in [0.15, 0.2) is 5.58 Å². The molecule has 2 aromatic carbocycles. The van der Waals surface area contributed by atoms with E-state index in [-0.39, 0.29) is 24.7 Å². The molecule has 4 rings (SSSR count). The van der Waals surface area contributed by atoms with Gasteiger partial charge in [0.1, 0.15) is 11.3 Å². The molecule has 1 aliphatic rings. The molecular formula is C18H13FN2O4. The van der Waals surface area contributed by atoms with Gasteiger partial charge < -0.3 is 14.4 Å². The molecule has 1 atom stereocenters. The van der Waals surface area contributed by atoms with Crippen LogP contribution in [0.3, 0.4) is 0 Å². The van der Waals surface area contributed by atoms with E-state index in [1.165, 1.54) is 17.0 Å². The van der Waals surface area contributed by atoms with Gasteiger partial charge in [-0.1, -0.05) is 0 Å². The summed E-state index contributed by atoms with van der Waals surface area (Å²) in [4.78, 5) is 29.0. The standard InChI is InChI=1S/C18H13FN2O4/c19-12-3-1-10(2-4-12)17-20-14-8-13(5-6-15(14)25-17)21-9-11(18(23)24)7-16(21)22/h1-6,8,11H,7,9H2,(H,23,24). The van der Waals surface area contributed by atoms with Gasteiger partial charge in [0, 0.05) is 24.2 Å². The molecule has 2 heterocycles. The zero-order chi connectivity index (χ0) is 17.6. The molecule has 1 saturated heterocycles. The molecular weight excluding hydrogens is 327 g/mol. The van der Waals surface area contributed by atoms with E-state index in [0.29, 0.717) is 28.2 Å². The van der Waals surface area contributed by atoms with E-state index in [9.17, 15) is 14.0 Å². The number of rotatable bonds is 3. The number of amides is 1. The molecule has 3 aromatic rings. The minimum Gasteiger partial charge on any atom is -0.481 e. The number of aromatic nitrogens is 1. The maximum Gasteiger partial charge on any atom is 0.308 e. The molecule has 1 aromatic heterocycles. The van der Waals surface area contributed by atoms with Gasteiger partial charge in [-0.2, -0.15) is 0 Å². The summed E-state index contributed by atoms with van der Waals surface area (Å²) in [5.74, 6) is -1.90. The van der Waals surface area contributed by atoms with Gasteiger partial charge in [-0.3, -0.25) is 9.59 Å². The van der Waals surface area contributed by atoms with Crippen molar-refractivity contribution in [2.75, 3.05) is 11.4 Å². The van der Waals surface area contributed by atoms with Crippen molar-refractivity contribution >= 4 is 28.7 Å². The first kappa shape index (κ1) is 15.3. The summed E-state index contributed by atoms with van der Waals surface area (Å²) in [7, 11) is 0. The Hall–Kier alpha value is -3.22. The number of hydrogen-bond acceptors (Lipinski definition) is 4. The number of carbonyl (C=O) groups is 2. The lowest BCUT2D eigenvalue weighted by molar-refractivity contribution is -0.141. The van der Waals surface area contributed by atoms with Crippen molar-refractivity contribution in [2.45, 2.75) is 6.42 Å². The van der Waals surface area contributed by atoms with Crippen LogP contribution in [0.5, 0.6) is 0 Å². The van der Waals surface area contributed by atoms with Crippen LogP contribution in [0.1, 0.15) is 6.42 Å². The Balaban J connectivity index is 1.68. The summed E-state index contributed by atoms with van der Waals surface area (Å²) in [6, 6.07) is 10.9. The molecule has 0 bridgehead atoms. The van der Waals surface area contributed by atoms with E-state index >= 15 is 0 Å². The molecule has 1 N–H and O–H groups in total. The third kappa shape index (κ3) is 2.73. The highest BCUT2D eigenvalue weighted by Gasteiger charge is 2.35. The van der Waals surface area contributed by atoms with E-state index in [1.807, 2.05) is 0 Å². The number of fused-ring (bicyclic) bond motifs is 1. The predicted molar refractivity (Wildman–Crippen MR) is 87.5 cm³/mol. The molecule has 1 fully saturated rings. The number of benzene rings is 2. The van der Waals surface area contributed by atoms with Gasteiger partial charge in [0.2, 0.25) is 11.8 Å². The number of carboxylic acid groups (broad SMARTS) is 1. The van der Waals surface area contributed by atoms with Gasteiger partial charge >= 0.3 is 5.97 Å². The largest absolute Gasteiger partial charge is 0.481 e. The normalized spacial score (nSPS) is 17.4. The molecule has 0 radical (unpaired) electrons. The number of oxazole rings is 1. The summed E-state index contributed by atoms with van der Waals surface area (Å²) in [6.45, 7) is 0.141. The highest BCUT2D eigenvalue weighted by Crippen LogP contribution is 2.30. The topological polar surface area (TPSA) is 83.6 Å². The van der Waals surface area contributed by atoms with Crippen molar-refractivity contribution in [2.24, 2.45) is 5.92 Å². The quantitative estimate of drug-likeness (QED) is 0.792. The highest BCUT2D eigenvalue weighted by atomic mass is 19.1. The molecule has 6 nitrogen and oxygen atoms in total. The Labute approximate surface area is 141 Å². The number of aliphatic carboxylic acids is 1. The number of nitrogens with zero attached hydrogens (tertiary/aromatic N) is 2. The fourth-order valence-corrected chi connectivity index (χ4v) is 2.92. The monoisotopic (exact) mass is 340 g/mol. The van der Waals surface area contributed by atoms with E-state index in [0.717, 1.165) is 0 Å². The van der Waals surface area contributed by atoms with Crippen molar-refractivity contribution in [3.05, 3.63) is 48.3 Å². The average molecular weight is 340 g/mol. The first-order valence-corrected chi connectivity index (χ1v) is 7.71. The maximum absolute atomic E-state index is 13.0. The molecule has 7 heteroatoms. The minimum atomic E-state index is -0.975. The Kier molecular flexibility index (Phi) is 3.49. The first-order valence-electron chi connectivity index (χ1n) is 7.71. The second-order valence-corrected chi connectivity index (χ2v) is 5.92. The van der Waals surface area contributed by atoms with Gasteiger partial charge in [0.05, 0.1) is 5.92 Å². The van der Waals surface area contributed by atoms with Crippen molar-refractivity contribution in [3.8, 4) is 11.5 Å². The van der Waals surface area contributed by atoms with Crippen LogP contribution in [0.2, 0.25) is 0 Å². The molecule has 1 amide bonds. The smallest absolute Gasteiger partial charge is 0.308 e. The average Bonchev–Trinajstić information content (AvgIpc) is 3.18. The van der Waals surface area contributed by atoms with Gasteiger partial charge in [-0.05, 0) is 42.5 Å². The third-order valence-electron chi connectivity index (χ3n) is 4.25. The molecule has 0 spiro atoms. The molecule has 1 unspecified atom stereocenters. The molecule has 0 saturated carbocycles. The molecule has 0 aliphatic carbocycles. The third-order valence-corrected chi connectivity index (χ3v) is 4.25. The van der Waals surface area contributed by atoms with E-state index < -0.39 is 11.9 Å². The summed E-state index contributed by atoms with van der Waals surface area (Å²) >= 11 is 0. The Bertz CT molecular complexity index is 980. The SMILES string of the molecule is O=C(O)C1CC(=O)N(c2ccc3oc(-c4ccc(F)cc4)nc3c2)C1. The van der Waals surface area contributed by atoms with Crippen molar-refractivity contribution < 1.29 is 23.5 Å². The lowest BCUT2D eigenvalue weighted by Crippen LogP contribution is -2.25. The Morgan fingerprint density at radius 2 is 2.00 bits per heavy atom. The number of anilines is 1. The van der Waals surface area contributed by atoms with Crippen molar-refractivity contribution in [1.82, 2.24) is 4.98 Å². The fourth-order valence-electron chi connectivity index (χ4n) is 2.92. The highest BCUT2D eigenvalue weighted by molar-refractivity contribution is 6.00. The summed E-state index contributed by atoms with van der Waals surface area (Å²) in [5.41, 5.74) is 2.30. The lowest BCUT2D eigenvalue weighted by atomic mass is 10.1. The van der Waals surface area contributed by atoms with E-state index in [2.05, 4.69) is 4.98 Å². The number of hydrogen-bond donors (Lipinski definition) is 1. The number of halogens is 1. The summed E-state index contributed by atoms with van der Waals surface area (Å²) in [6.07, 6.45) is -0.00693. The molecule has 25 heavy (non-hydrogen) atoms. The fraction of sp³-hybridized carbons (Fsp3) is 0.167. The van der Waals surface area contributed by atoms with Crippen LogP contribution in [-0.4, -0.2) is 28.5 Å². The summed E-state index contributed by atoms with van der Waals surface area (Å²) < 4.78 is 18.7. The van der Waals surface area contributed by atoms with Crippen LogP contribution in [0.15, 0.2) is 46.9 Å². The molecule has 126 valence electrons. The number of carboxylic acids is 1. The van der Waals surface area contributed by atoms with Gasteiger partial charge in [-0.15, -0.1) is 0 Å². The minimum absolute atomic E-state index is 0.00693. The van der Waals surface area contributed by atoms with Crippen molar-refractivity contribution in [3.63, 3.8) is 0 Å². The number of carbonyl (C=O) groups excluding carboxylic acids is 1.